The fourth-order valence-corrected chi connectivity index (χ4v) is 2.04. The summed E-state index contributed by atoms with van der Waals surface area (Å²) in [7, 11) is 0. The highest BCUT2D eigenvalue weighted by Gasteiger charge is 2.25. The Balaban J connectivity index is 2.46. The maximum Gasteiger partial charge on any atom is 0.130 e. The van der Waals surface area contributed by atoms with Crippen molar-refractivity contribution in [1.82, 2.24) is 0 Å². The fourth-order valence-electron chi connectivity index (χ4n) is 2.04. The molecular formula is C10H16O2. The Kier molecular flexibility index (Phi) is 3.45. The molecule has 12 heavy (non-hydrogen) atoms. The molecule has 2 nitrogen and oxygen atoms in total. The summed E-state index contributed by atoms with van der Waals surface area (Å²) in [4.78, 5) is 21.5. The van der Waals surface area contributed by atoms with Gasteiger partial charge in [-0.2, -0.15) is 0 Å². The molecule has 0 aromatic heterocycles. The summed E-state index contributed by atoms with van der Waals surface area (Å²) in [5, 5.41) is 0. The first kappa shape index (κ1) is 9.43. The lowest BCUT2D eigenvalue weighted by Crippen LogP contribution is -2.22. The molecule has 1 rings (SSSR count). The molecule has 1 aliphatic rings. The SMILES string of the molecule is CC(=O)CC1CCCCC1C=O. The molecule has 0 spiro atoms. The second kappa shape index (κ2) is 4.39. The summed E-state index contributed by atoms with van der Waals surface area (Å²) < 4.78 is 0. The van der Waals surface area contributed by atoms with E-state index in [9.17, 15) is 9.59 Å². The molecule has 0 bridgehead atoms. The predicted octanol–water partition coefficient (Wildman–Crippen LogP) is 1.97. The van der Waals surface area contributed by atoms with E-state index in [0.29, 0.717) is 12.3 Å². The van der Waals surface area contributed by atoms with Crippen molar-refractivity contribution in [3.05, 3.63) is 0 Å². The Morgan fingerprint density at radius 1 is 1.42 bits per heavy atom. The van der Waals surface area contributed by atoms with Crippen LogP contribution in [-0.4, -0.2) is 12.1 Å². The van der Waals surface area contributed by atoms with Crippen LogP contribution in [0.25, 0.3) is 0 Å². The summed E-state index contributed by atoms with van der Waals surface area (Å²) >= 11 is 0. The zero-order valence-corrected chi connectivity index (χ0v) is 7.58. The van der Waals surface area contributed by atoms with Gasteiger partial charge in [0.1, 0.15) is 12.1 Å². The third-order valence-corrected chi connectivity index (χ3v) is 2.69. The second-order valence-corrected chi connectivity index (χ2v) is 3.75. The topological polar surface area (TPSA) is 34.1 Å². The van der Waals surface area contributed by atoms with E-state index in [0.717, 1.165) is 25.5 Å². The molecule has 0 saturated heterocycles. The minimum atomic E-state index is 0.155. The Hall–Kier alpha value is -0.660. The number of ketones is 1. The Morgan fingerprint density at radius 2 is 2.08 bits per heavy atom. The van der Waals surface area contributed by atoms with Crippen molar-refractivity contribution in [3.63, 3.8) is 0 Å². The highest BCUT2D eigenvalue weighted by Crippen LogP contribution is 2.30. The maximum absolute atomic E-state index is 10.9. The lowest BCUT2D eigenvalue weighted by atomic mass is 9.78. The Labute approximate surface area is 73.3 Å². The van der Waals surface area contributed by atoms with Crippen LogP contribution in [0.2, 0.25) is 0 Å². The molecule has 2 heteroatoms. The minimum absolute atomic E-state index is 0.155. The maximum atomic E-state index is 10.9. The first-order valence-electron chi connectivity index (χ1n) is 4.68. The molecule has 0 N–H and O–H groups in total. The monoisotopic (exact) mass is 168 g/mol. The molecule has 0 aromatic carbocycles. The van der Waals surface area contributed by atoms with Crippen LogP contribution in [0.1, 0.15) is 39.0 Å². The van der Waals surface area contributed by atoms with Gasteiger partial charge in [-0.3, -0.25) is 0 Å². The van der Waals surface area contributed by atoms with Gasteiger partial charge < -0.3 is 9.59 Å². The molecule has 0 aromatic rings. The van der Waals surface area contributed by atoms with Gasteiger partial charge in [0.2, 0.25) is 0 Å². The van der Waals surface area contributed by atoms with Crippen LogP contribution in [-0.2, 0) is 9.59 Å². The smallest absolute Gasteiger partial charge is 0.130 e. The molecule has 0 aliphatic heterocycles. The zero-order chi connectivity index (χ0) is 8.97. The molecule has 68 valence electrons. The van der Waals surface area contributed by atoms with Gasteiger partial charge in [0, 0.05) is 12.3 Å². The number of rotatable bonds is 3. The van der Waals surface area contributed by atoms with Crippen LogP contribution in [0, 0.1) is 11.8 Å². The van der Waals surface area contributed by atoms with E-state index in [1.165, 1.54) is 6.42 Å². The van der Waals surface area contributed by atoms with Gasteiger partial charge in [0.05, 0.1) is 0 Å². The highest BCUT2D eigenvalue weighted by molar-refractivity contribution is 5.76. The molecule has 2 unspecified atom stereocenters. The van der Waals surface area contributed by atoms with E-state index in [-0.39, 0.29) is 11.7 Å². The van der Waals surface area contributed by atoms with Crippen molar-refractivity contribution in [1.29, 1.82) is 0 Å². The molecule has 0 radical (unpaired) electrons. The normalized spacial score (nSPS) is 29.8. The second-order valence-electron chi connectivity index (χ2n) is 3.75. The van der Waals surface area contributed by atoms with Crippen LogP contribution in [0.3, 0.4) is 0 Å². The van der Waals surface area contributed by atoms with Crippen molar-refractivity contribution in [2.75, 3.05) is 0 Å². The highest BCUT2D eigenvalue weighted by atomic mass is 16.1. The lowest BCUT2D eigenvalue weighted by molar-refractivity contribution is -0.119. The number of carbonyl (C=O) groups is 2. The molecule has 1 saturated carbocycles. The summed E-state index contributed by atoms with van der Waals surface area (Å²) in [6.45, 7) is 1.61. The fraction of sp³-hybridized carbons (Fsp3) is 0.800. The Morgan fingerprint density at radius 3 is 2.67 bits per heavy atom. The molecule has 0 heterocycles. The van der Waals surface area contributed by atoms with Gasteiger partial charge >= 0.3 is 0 Å². The van der Waals surface area contributed by atoms with E-state index in [2.05, 4.69) is 0 Å². The molecule has 0 amide bonds. The van der Waals surface area contributed by atoms with Crippen LogP contribution in [0.15, 0.2) is 0 Å². The van der Waals surface area contributed by atoms with E-state index in [4.69, 9.17) is 0 Å². The van der Waals surface area contributed by atoms with Crippen molar-refractivity contribution in [2.45, 2.75) is 39.0 Å². The standard InChI is InChI=1S/C10H16O2/c1-8(12)6-9-4-2-3-5-10(9)7-11/h7,9-10H,2-6H2,1H3. The van der Waals surface area contributed by atoms with Gasteiger partial charge in [0.15, 0.2) is 0 Å². The van der Waals surface area contributed by atoms with Crippen LogP contribution >= 0.6 is 0 Å². The van der Waals surface area contributed by atoms with Gasteiger partial charge in [0.25, 0.3) is 0 Å². The van der Waals surface area contributed by atoms with Crippen LogP contribution in [0.4, 0.5) is 0 Å². The average molecular weight is 168 g/mol. The van der Waals surface area contributed by atoms with Crippen LogP contribution < -0.4 is 0 Å². The third-order valence-electron chi connectivity index (χ3n) is 2.69. The molecular weight excluding hydrogens is 152 g/mol. The van der Waals surface area contributed by atoms with E-state index in [1.54, 1.807) is 6.92 Å². The number of Topliss-reactive ketones (excluding diaryl/α,β-unsaturated/α-hetero) is 1. The van der Waals surface area contributed by atoms with Gasteiger partial charge in [-0.1, -0.05) is 12.8 Å². The quantitative estimate of drug-likeness (QED) is 0.604. The molecule has 1 fully saturated rings. The summed E-state index contributed by atoms with van der Waals surface area (Å²) in [5.74, 6) is 0.713. The minimum Gasteiger partial charge on any atom is -0.303 e. The van der Waals surface area contributed by atoms with E-state index >= 15 is 0 Å². The number of aldehydes is 1. The van der Waals surface area contributed by atoms with E-state index < -0.39 is 0 Å². The molecule has 2 atom stereocenters. The number of hydrogen-bond acceptors (Lipinski definition) is 2. The summed E-state index contributed by atoms with van der Waals surface area (Å²) in [5.41, 5.74) is 0. The number of hydrogen-bond donors (Lipinski definition) is 0. The molecule has 1 aliphatic carbocycles. The first-order chi connectivity index (χ1) is 5.74. The van der Waals surface area contributed by atoms with Crippen molar-refractivity contribution < 1.29 is 9.59 Å². The third kappa shape index (κ3) is 2.43. The Bertz CT molecular complexity index is 175. The van der Waals surface area contributed by atoms with Gasteiger partial charge in [-0.15, -0.1) is 0 Å². The number of carbonyl (C=O) groups excluding carboxylic acids is 2. The van der Waals surface area contributed by atoms with Gasteiger partial charge in [-0.25, -0.2) is 0 Å². The van der Waals surface area contributed by atoms with Crippen molar-refractivity contribution in [2.24, 2.45) is 11.8 Å². The lowest BCUT2D eigenvalue weighted by Gasteiger charge is -2.26. The van der Waals surface area contributed by atoms with Crippen molar-refractivity contribution >= 4 is 12.1 Å². The zero-order valence-electron chi connectivity index (χ0n) is 7.58. The first-order valence-corrected chi connectivity index (χ1v) is 4.68. The largest absolute Gasteiger partial charge is 0.303 e. The van der Waals surface area contributed by atoms with Crippen LogP contribution in [0.5, 0.6) is 0 Å². The van der Waals surface area contributed by atoms with E-state index in [1.807, 2.05) is 0 Å². The summed E-state index contributed by atoms with van der Waals surface area (Å²) in [6, 6.07) is 0. The predicted molar refractivity (Wildman–Crippen MR) is 46.8 cm³/mol. The van der Waals surface area contributed by atoms with Gasteiger partial charge in [-0.05, 0) is 25.7 Å². The average Bonchev–Trinajstić information content (AvgIpc) is 2.04. The summed E-state index contributed by atoms with van der Waals surface area (Å²) in [6.07, 6.45) is 6.01. The van der Waals surface area contributed by atoms with Crippen molar-refractivity contribution in [3.8, 4) is 0 Å².